The van der Waals surface area contributed by atoms with Crippen LogP contribution in [0.15, 0.2) is 0 Å². The molecule has 0 aromatic carbocycles. The molecule has 2 fully saturated rings. The molecule has 2 aliphatic rings. The van der Waals surface area contributed by atoms with Crippen LogP contribution in [-0.2, 0) is 14.3 Å². The van der Waals surface area contributed by atoms with Gasteiger partial charge in [0.1, 0.15) is 0 Å². The number of alkyl halides is 2. The predicted molar refractivity (Wildman–Crippen MR) is 60.2 cm³/mol. The Kier molecular flexibility index (Phi) is 4.17. The van der Waals surface area contributed by atoms with Gasteiger partial charge in [-0.1, -0.05) is 12.8 Å². The van der Waals surface area contributed by atoms with Crippen molar-refractivity contribution in [3.8, 4) is 0 Å². The van der Waals surface area contributed by atoms with Crippen LogP contribution in [0, 0.1) is 5.41 Å². The van der Waals surface area contributed by atoms with Crippen molar-refractivity contribution in [2.75, 3.05) is 26.8 Å². The summed E-state index contributed by atoms with van der Waals surface area (Å²) >= 11 is 0. The van der Waals surface area contributed by atoms with E-state index in [2.05, 4.69) is 4.74 Å². The van der Waals surface area contributed by atoms with E-state index in [4.69, 9.17) is 4.74 Å². The lowest BCUT2D eigenvalue weighted by atomic mass is 9.84. The summed E-state index contributed by atoms with van der Waals surface area (Å²) in [5.41, 5.74) is -0.426. The van der Waals surface area contributed by atoms with Gasteiger partial charge in [0.15, 0.2) is 0 Å². The number of rotatable bonds is 5. The third-order valence-electron chi connectivity index (χ3n) is 3.87. The van der Waals surface area contributed by atoms with Crippen LogP contribution in [0.25, 0.3) is 0 Å². The Hall–Kier alpha value is -0.750. The largest absolute Gasteiger partial charge is 0.384 e. The zero-order valence-electron chi connectivity index (χ0n) is 10.5. The second kappa shape index (κ2) is 5.48. The molecule has 0 atom stereocenters. The topological polar surface area (TPSA) is 38.8 Å². The lowest BCUT2D eigenvalue weighted by molar-refractivity contribution is -0.203. The fourth-order valence-corrected chi connectivity index (χ4v) is 2.92. The van der Waals surface area contributed by atoms with Crippen molar-refractivity contribution >= 4 is 5.91 Å². The number of methoxy groups -OCH3 is 1. The van der Waals surface area contributed by atoms with Crippen molar-refractivity contribution in [3.05, 3.63) is 0 Å². The summed E-state index contributed by atoms with van der Waals surface area (Å²) in [5, 5.41) is 0. The molecule has 1 saturated carbocycles. The molecule has 1 saturated heterocycles. The number of amides is 1. The van der Waals surface area contributed by atoms with E-state index in [1.54, 1.807) is 12.0 Å². The zero-order valence-corrected chi connectivity index (χ0v) is 10.5. The van der Waals surface area contributed by atoms with E-state index in [1.807, 2.05) is 0 Å². The highest BCUT2D eigenvalue weighted by atomic mass is 19.3. The molecule has 6 heteroatoms. The summed E-state index contributed by atoms with van der Waals surface area (Å²) < 4.78 is 33.5. The van der Waals surface area contributed by atoms with E-state index >= 15 is 0 Å². The highest BCUT2D eigenvalue weighted by Crippen LogP contribution is 2.41. The molecule has 0 radical (unpaired) electrons. The summed E-state index contributed by atoms with van der Waals surface area (Å²) in [7, 11) is 1.59. The van der Waals surface area contributed by atoms with Crippen LogP contribution < -0.4 is 0 Å². The summed E-state index contributed by atoms with van der Waals surface area (Å²) in [4.78, 5) is 14.0. The second-order valence-corrected chi connectivity index (χ2v) is 5.15. The Morgan fingerprint density at radius 2 is 2.00 bits per heavy atom. The second-order valence-electron chi connectivity index (χ2n) is 5.15. The minimum atomic E-state index is -2.76. The molecule has 0 spiro atoms. The van der Waals surface area contributed by atoms with Crippen LogP contribution in [0.4, 0.5) is 8.78 Å². The van der Waals surface area contributed by atoms with Gasteiger partial charge in [0.05, 0.1) is 18.1 Å². The lowest BCUT2D eigenvalue weighted by Gasteiger charge is -2.43. The monoisotopic (exact) mass is 263 g/mol. The first-order valence-electron chi connectivity index (χ1n) is 6.29. The maximum Gasteiger partial charge on any atom is 0.345 e. The normalized spacial score (nSPS) is 23.4. The Labute approximate surface area is 105 Å². The van der Waals surface area contributed by atoms with Crippen LogP contribution in [0.2, 0.25) is 0 Å². The quantitative estimate of drug-likeness (QED) is 0.757. The number of hydrogen-bond donors (Lipinski definition) is 0. The predicted octanol–water partition coefficient (Wildman–Crippen LogP) is 1.64. The number of ether oxygens (including phenoxy) is 2. The molecule has 0 N–H and O–H groups in total. The van der Waals surface area contributed by atoms with E-state index < -0.39 is 18.1 Å². The standard InChI is InChI=1S/C12H19F2NO3/c1-17-8-12(4-2-3-5-12)10(16)15-6-9(7-15)18-11(13)14/h9,11H,2-8H2,1H3. The van der Waals surface area contributed by atoms with Crippen LogP contribution in [-0.4, -0.2) is 50.3 Å². The van der Waals surface area contributed by atoms with Crippen LogP contribution in [0.3, 0.4) is 0 Å². The van der Waals surface area contributed by atoms with Gasteiger partial charge in [-0.05, 0) is 12.8 Å². The number of likely N-dealkylation sites (tertiary alicyclic amines) is 1. The van der Waals surface area contributed by atoms with Crippen molar-refractivity contribution in [1.82, 2.24) is 4.90 Å². The first-order valence-corrected chi connectivity index (χ1v) is 6.29. The van der Waals surface area contributed by atoms with E-state index in [9.17, 15) is 13.6 Å². The number of hydrogen-bond acceptors (Lipinski definition) is 3. The van der Waals surface area contributed by atoms with Gasteiger partial charge in [-0.15, -0.1) is 0 Å². The molecular weight excluding hydrogens is 244 g/mol. The van der Waals surface area contributed by atoms with Crippen molar-refractivity contribution in [3.63, 3.8) is 0 Å². The van der Waals surface area contributed by atoms with E-state index in [0.29, 0.717) is 6.61 Å². The highest BCUT2D eigenvalue weighted by molar-refractivity contribution is 5.84. The van der Waals surface area contributed by atoms with Gasteiger partial charge in [-0.25, -0.2) is 0 Å². The Morgan fingerprint density at radius 3 is 2.50 bits per heavy atom. The molecule has 2 rings (SSSR count). The van der Waals surface area contributed by atoms with Crippen LogP contribution in [0.1, 0.15) is 25.7 Å². The molecule has 0 bridgehead atoms. The summed E-state index contributed by atoms with van der Waals surface area (Å²) in [6, 6.07) is 0. The number of carbonyl (C=O) groups excluding carboxylic acids is 1. The minimum absolute atomic E-state index is 0.0379. The summed E-state index contributed by atoms with van der Waals surface area (Å²) in [6.45, 7) is -1.79. The zero-order chi connectivity index (χ0) is 13.2. The van der Waals surface area contributed by atoms with Crippen molar-refractivity contribution in [2.24, 2.45) is 5.41 Å². The van der Waals surface area contributed by atoms with Crippen LogP contribution in [0.5, 0.6) is 0 Å². The fraction of sp³-hybridized carbons (Fsp3) is 0.917. The minimum Gasteiger partial charge on any atom is -0.384 e. The van der Waals surface area contributed by atoms with Gasteiger partial charge in [-0.3, -0.25) is 4.79 Å². The maximum absolute atomic E-state index is 12.4. The first-order chi connectivity index (χ1) is 8.57. The Balaban J connectivity index is 1.88. The maximum atomic E-state index is 12.4. The SMILES string of the molecule is COCC1(C(=O)N2CC(OC(F)F)C2)CCCC1. The molecule has 1 heterocycles. The molecule has 0 unspecified atom stereocenters. The van der Waals surface area contributed by atoms with Gasteiger partial charge in [-0.2, -0.15) is 8.78 Å². The summed E-state index contributed by atoms with van der Waals surface area (Å²) in [5.74, 6) is 0.0379. The third-order valence-corrected chi connectivity index (χ3v) is 3.87. The Morgan fingerprint density at radius 1 is 1.39 bits per heavy atom. The van der Waals surface area contributed by atoms with Crippen molar-refractivity contribution in [2.45, 2.75) is 38.4 Å². The van der Waals surface area contributed by atoms with Crippen molar-refractivity contribution < 1.29 is 23.0 Å². The number of carbonyl (C=O) groups is 1. The number of nitrogens with zero attached hydrogens (tertiary/aromatic N) is 1. The van der Waals surface area contributed by atoms with Crippen molar-refractivity contribution in [1.29, 1.82) is 0 Å². The number of halogens is 2. The van der Waals surface area contributed by atoms with E-state index in [0.717, 1.165) is 25.7 Å². The molecule has 0 aromatic rings. The van der Waals surface area contributed by atoms with Gasteiger partial charge in [0.25, 0.3) is 0 Å². The average molecular weight is 263 g/mol. The molecule has 1 aliphatic carbocycles. The lowest BCUT2D eigenvalue weighted by Crippen LogP contribution is -2.59. The van der Waals surface area contributed by atoms with E-state index in [-0.39, 0.29) is 19.0 Å². The van der Waals surface area contributed by atoms with E-state index in [1.165, 1.54) is 0 Å². The smallest absolute Gasteiger partial charge is 0.345 e. The molecule has 0 aromatic heterocycles. The van der Waals surface area contributed by atoms with Gasteiger partial charge < -0.3 is 14.4 Å². The van der Waals surface area contributed by atoms with Crippen LogP contribution >= 0.6 is 0 Å². The molecular formula is C12H19F2NO3. The van der Waals surface area contributed by atoms with Gasteiger partial charge >= 0.3 is 6.61 Å². The van der Waals surface area contributed by atoms with Gasteiger partial charge in [0, 0.05) is 20.2 Å². The molecule has 4 nitrogen and oxygen atoms in total. The van der Waals surface area contributed by atoms with Gasteiger partial charge in [0.2, 0.25) is 5.91 Å². The Bertz CT molecular complexity index is 300. The molecule has 1 amide bonds. The highest BCUT2D eigenvalue weighted by Gasteiger charge is 2.47. The fourth-order valence-electron chi connectivity index (χ4n) is 2.92. The average Bonchev–Trinajstić information content (AvgIpc) is 2.72. The summed E-state index contributed by atoms with van der Waals surface area (Å²) in [6.07, 6.45) is 3.20. The third kappa shape index (κ3) is 2.64. The molecule has 18 heavy (non-hydrogen) atoms. The molecule has 1 aliphatic heterocycles. The first kappa shape index (κ1) is 13.7. The molecule has 104 valence electrons.